The SMILES string of the molecule is CN(C)NC(=O)CSc1nnc(C2CC2)n1Cc1ccccc1. The Morgan fingerprint density at radius 1 is 1.30 bits per heavy atom. The minimum absolute atomic E-state index is 0.0396. The molecular formula is C16H21N5OS. The van der Waals surface area contributed by atoms with Crippen LogP contribution >= 0.6 is 11.8 Å². The van der Waals surface area contributed by atoms with Crippen LogP contribution in [0.1, 0.15) is 30.1 Å². The summed E-state index contributed by atoms with van der Waals surface area (Å²) < 4.78 is 2.15. The van der Waals surface area contributed by atoms with E-state index < -0.39 is 0 Å². The van der Waals surface area contributed by atoms with E-state index in [-0.39, 0.29) is 5.91 Å². The number of aromatic nitrogens is 3. The molecule has 1 aromatic carbocycles. The van der Waals surface area contributed by atoms with Crippen molar-refractivity contribution in [2.45, 2.75) is 30.5 Å². The van der Waals surface area contributed by atoms with Crippen LogP contribution in [0.15, 0.2) is 35.5 Å². The van der Waals surface area contributed by atoms with Crippen molar-refractivity contribution in [3.05, 3.63) is 41.7 Å². The van der Waals surface area contributed by atoms with Crippen LogP contribution in [-0.2, 0) is 11.3 Å². The number of benzene rings is 1. The van der Waals surface area contributed by atoms with Crippen molar-refractivity contribution in [3.63, 3.8) is 0 Å². The number of carbonyl (C=O) groups is 1. The summed E-state index contributed by atoms with van der Waals surface area (Å²) in [6.07, 6.45) is 2.36. The second kappa shape index (κ2) is 7.14. The molecule has 1 aliphatic carbocycles. The first kappa shape index (κ1) is 16.0. The maximum Gasteiger partial charge on any atom is 0.244 e. The molecule has 1 saturated carbocycles. The lowest BCUT2D eigenvalue weighted by Crippen LogP contribution is -2.37. The highest BCUT2D eigenvalue weighted by atomic mass is 32.2. The molecule has 0 bridgehead atoms. The summed E-state index contributed by atoms with van der Waals surface area (Å²) in [5, 5.41) is 11.1. The Hall–Kier alpha value is -1.86. The molecule has 23 heavy (non-hydrogen) atoms. The maximum atomic E-state index is 11.8. The summed E-state index contributed by atoms with van der Waals surface area (Å²) in [4.78, 5) is 11.8. The van der Waals surface area contributed by atoms with Crippen LogP contribution in [0, 0.1) is 0 Å². The molecular weight excluding hydrogens is 310 g/mol. The van der Waals surface area contributed by atoms with E-state index in [1.807, 2.05) is 18.2 Å². The van der Waals surface area contributed by atoms with Crippen LogP contribution in [0.25, 0.3) is 0 Å². The van der Waals surface area contributed by atoms with Crippen molar-refractivity contribution in [3.8, 4) is 0 Å². The summed E-state index contributed by atoms with van der Waals surface area (Å²) in [5.74, 6) is 1.86. The van der Waals surface area contributed by atoms with Crippen molar-refractivity contribution in [2.24, 2.45) is 0 Å². The van der Waals surface area contributed by atoms with E-state index >= 15 is 0 Å². The van der Waals surface area contributed by atoms with Gasteiger partial charge in [0.2, 0.25) is 5.91 Å². The smallest absolute Gasteiger partial charge is 0.244 e. The highest BCUT2D eigenvalue weighted by Crippen LogP contribution is 2.40. The minimum Gasteiger partial charge on any atom is -0.301 e. The van der Waals surface area contributed by atoms with Gasteiger partial charge in [-0.2, -0.15) is 0 Å². The van der Waals surface area contributed by atoms with Crippen molar-refractivity contribution >= 4 is 17.7 Å². The average Bonchev–Trinajstić information content (AvgIpc) is 3.28. The molecule has 0 saturated heterocycles. The summed E-state index contributed by atoms with van der Waals surface area (Å²) in [6, 6.07) is 10.3. The van der Waals surface area contributed by atoms with Crippen LogP contribution in [-0.4, -0.2) is 45.5 Å². The Labute approximate surface area is 140 Å². The molecule has 122 valence electrons. The van der Waals surface area contributed by atoms with E-state index in [0.29, 0.717) is 11.7 Å². The van der Waals surface area contributed by atoms with Gasteiger partial charge in [-0.3, -0.25) is 10.2 Å². The third-order valence-electron chi connectivity index (χ3n) is 3.55. The first-order chi connectivity index (χ1) is 11.1. The van der Waals surface area contributed by atoms with Gasteiger partial charge in [-0.25, -0.2) is 5.01 Å². The zero-order valence-corrected chi connectivity index (χ0v) is 14.2. The number of hydrogen-bond acceptors (Lipinski definition) is 5. The fraction of sp³-hybridized carbons (Fsp3) is 0.438. The molecule has 0 unspecified atom stereocenters. The number of thioether (sulfide) groups is 1. The number of nitrogens with one attached hydrogen (secondary N) is 1. The van der Waals surface area contributed by atoms with Crippen LogP contribution < -0.4 is 5.43 Å². The maximum absolute atomic E-state index is 11.8. The molecule has 1 aliphatic rings. The first-order valence-corrected chi connectivity index (χ1v) is 8.68. The Morgan fingerprint density at radius 2 is 2.04 bits per heavy atom. The van der Waals surface area contributed by atoms with Gasteiger partial charge in [0.1, 0.15) is 5.82 Å². The van der Waals surface area contributed by atoms with Gasteiger partial charge >= 0.3 is 0 Å². The second-order valence-electron chi connectivity index (χ2n) is 5.90. The van der Waals surface area contributed by atoms with Gasteiger partial charge in [0.05, 0.1) is 12.3 Å². The molecule has 0 radical (unpaired) electrons. The summed E-state index contributed by atoms with van der Waals surface area (Å²) >= 11 is 1.43. The zero-order valence-electron chi connectivity index (χ0n) is 13.4. The molecule has 0 spiro atoms. The van der Waals surface area contributed by atoms with Gasteiger partial charge in [0.15, 0.2) is 5.16 Å². The lowest BCUT2D eigenvalue weighted by atomic mass is 10.2. The predicted molar refractivity (Wildman–Crippen MR) is 90.1 cm³/mol. The standard InChI is InChI=1S/C16H21N5OS/c1-20(2)19-14(22)11-23-16-18-17-15(13-8-9-13)21(16)10-12-6-4-3-5-7-12/h3-7,13H,8-11H2,1-2H3,(H,19,22). The topological polar surface area (TPSA) is 63.1 Å². The van der Waals surface area contributed by atoms with E-state index in [9.17, 15) is 4.79 Å². The van der Waals surface area contributed by atoms with Crippen LogP contribution in [0.2, 0.25) is 0 Å². The minimum atomic E-state index is -0.0396. The Bertz CT molecular complexity index is 666. The number of rotatable bonds is 7. The van der Waals surface area contributed by atoms with Crippen molar-refractivity contribution in [1.82, 2.24) is 25.2 Å². The summed E-state index contributed by atoms with van der Waals surface area (Å²) in [7, 11) is 3.59. The third kappa shape index (κ3) is 4.33. The van der Waals surface area contributed by atoms with Crippen molar-refractivity contribution in [1.29, 1.82) is 0 Å². The molecule has 1 heterocycles. The van der Waals surface area contributed by atoms with E-state index in [0.717, 1.165) is 17.5 Å². The molecule has 0 atom stereocenters. The zero-order chi connectivity index (χ0) is 16.2. The van der Waals surface area contributed by atoms with Gasteiger partial charge in [0, 0.05) is 20.0 Å². The monoisotopic (exact) mass is 331 g/mol. The van der Waals surface area contributed by atoms with Crippen molar-refractivity contribution < 1.29 is 4.79 Å². The van der Waals surface area contributed by atoms with Gasteiger partial charge < -0.3 is 4.57 Å². The van der Waals surface area contributed by atoms with E-state index in [1.165, 1.54) is 30.2 Å². The number of carbonyl (C=O) groups excluding carboxylic acids is 1. The van der Waals surface area contributed by atoms with E-state index in [2.05, 4.69) is 32.3 Å². The Balaban J connectivity index is 1.73. The normalized spacial score (nSPS) is 14.2. The molecule has 1 aromatic heterocycles. The van der Waals surface area contributed by atoms with Gasteiger partial charge in [0.25, 0.3) is 0 Å². The lowest BCUT2D eigenvalue weighted by Gasteiger charge is -2.12. The molecule has 3 rings (SSSR count). The molecule has 6 nitrogen and oxygen atoms in total. The highest BCUT2D eigenvalue weighted by molar-refractivity contribution is 7.99. The average molecular weight is 331 g/mol. The fourth-order valence-corrected chi connectivity index (χ4v) is 3.11. The van der Waals surface area contributed by atoms with Gasteiger partial charge in [-0.05, 0) is 18.4 Å². The Kier molecular flexibility index (Phi) is 4.97. The van der Waals surface area contributed by atoms with Crippen molar-refractivity contribution in [2.75, 3.05) is 19.8 Å². The second-order valence-corrected chi connectivity index (χ2v) is 6.85. The molecule has 7 heteroatoms. The number of hydrazine groups is 1. The lowest BCUT2D eigenvalue weighted by molar-refractivity contribution is -0.122. The number of nitrogens with zero attached hydrogens (tertiary/aromatic N) is 4. The predicted octanol–water partition coefficient (Wildman–Crippen LogP) is 1.89. The summed E-state index contributed by atoms with van der Waals surface area (Å²) in [6.45, 7) is 0.747. The summed E-state index contributed by atoms with van der Waals surface area (Å²) in [5.41, 5.74) is 3.96. The van der Waals surface area contributed by atoms with Gasteiger partial charge in [-0.1, -0.05) is 42.1 Å². The van der Waals surface area contributed by atoms with E-state index in [1.54, 1.807) is 19.1 Å². The Morgan fingerprint density at radius 3 is 2.70 bits per heavy atom. The van der Waals surface area contributed by atoms with Gasteiger partial charge in [-0.15, -0.1) is 10.2 Å². The quantitative estimate of drug-likeness (QED) is 0.620. The third-order valence-corrected chi connectivity index (χ3v) is 4.52. The first-order valence-electron chi connectivity index (χ1n) is 7.70. The van der Waals surface area contributed by atoms with Crippen LogP contribution in [0.3, 0.4) is 0 Å². The van der Waals surface area contributed by atoms with E-state index in [4.69, 9.17) is 0 Å². The fourth-order valence-electron chi connectivity index (χ4n) is 2.38. The molecule has 0 aliphatic heterocycles. The molecule has 1 fully saturated rings. The molecule has 2 aromatic rings. The van der Waals surface area contributed by atoms with Crippen LogP contribution in [0.5, 0.6) is 0 Å². The van der Waals surface area contributed by atoms with Crippen LogP contribution in [0.4, 0.5) is 0 Å². The number of hydrogen-bond donors (Lipinski definition) is 1. The molecule has 1 N–H and O–H groups in total. The highest BCUT2D eigenvalue weighted by Gasteiger charge is 2.30. The largest absolute Gasteiger partial charge is 0.301 e. The molecule has 1 amide bonds. The number of amides is 1.